The number of anilines is 2. The van der Waals surface area contributed by atoms with Crippen LogP contribution in [0.4, 0.5) is 15.8 Å². The number of fused-ring (bicyclic) bond motifs is 1. The van der Waals surface area contributed by atoms with Gasteiger partial charge < -0.3 is 15.6 Å². The number of rotatable bonds is 5. The van der Waals surface area contributed by atoms with Gasteiger partial charge in [-0.3, -0.25) is 9.59 Å². The van der Waals surface area contributed by atoms with Gasteiger partial charge in [-0.25, -0.2) is 4.39 Å². The number of carbonyl (C=O) groups excluding carboxylic acids is 2. The first kappa shape index (κ1) is 17.7. The second-order valence-electron chi connectivity index (χ2n) is 6.56. The molecule has 0 aliphatic heterocycles. The third kappa shape index (κ3) is 4.08. The van der Waals surface area contributed by atoms with Crippen molar-refractivity contribution in [3.8, 4) is 0 Å². The van der Waals surface area contributed by atoms with Crippen LogP contribution in [0.1, 0.15) is 30.8 Å². The van der Waals surface area contributed by atoms with Gasteiger partial charge >= 0.3 is 0 Å². The SMILES string of the molecule is CC(C)CC(=O)Nc1ccc(NC(=O)c2cc3c(F)cccc3[nH]2)cc1. The van der Waals surface area contributed by atoms with E-state index >= 15 is 0 Å². The van der Waals surface area contributed by atoms with Crippen molar-refractivity contribution in [2.45, 2.75) is 20.3 Å². The number of hydrogen-bond acceptors (Lipinski definition) is 2. The van der Waals surface area contributed by atoms with Crippen molar-refractivity contribution in [2.24, 2.45) is 5.92 Å². The molecule has 0 aliphatic carbocycles. The minimum Gasteiger partial charge on any atom is -0.350 e. The topological polar surface area (TPSA) is 74.0 Å². The molecule has 134 valence electrons. The van der Waals surface area contributed by atoms with E-state index in [9.17, 15) is 14.0 Å². The molecule has 3 aromatic rings. The minimum absolute atomic E-state index is 0.0445. The number of carbonyl (C=O) groups is 2. The number of hydrogen-bond donors (Lipinski definition) is 3. The summed E-state index contributed by atoms with van der Waals surface area (Å²) in [6, 6.07) is 13.0. The lowest BCUT2D eigenvalue weighted by Gasteiger charge is -2.08. The number of halogens is 1. The summed E-state index contributed by atoms with van der Waals surface area (Å²) in [4.78, 5) is 27.0. The van der Waals surface area contributed by atoms with Crippen LogP contribution in [0.5, 0.6) is 0 Å². The third-order valence-electron chi connectivity index (χ3n) is 3.88. The summed E-state index contributed by atoms with van der Waals surface area (Å²) in [7, 11) is 0. The largest absolute Gasteiger partial charge is 0.350 e. The maximum Gasteiger partial charge on any atom is 0.272 e. The molecule has 5 nitrogen and oxygen atoms in total. The normalized spacial score (nSPS) is 10.9. The van der Waals surface area contributed by atoms with Gasteiger partial charge in [0, 0.05) is 28.7 Å². The standard InChI is InChI=1S/C20H20FN3O2/c1-12(2)10-19(25)22-13-6-8-14(9-7-13)23-20(26)18-11-15-16(21)4-3-5-17(15)24-18/h3-9,11-12,24H,10H2,1-2H3,(H,22,25)(H,23,26). The van der Waals surface area contributed by atoms with Crippen LogP contribution < -0.4 is 10.6 Å². The summed E-state index contributed by atoms with van der Waals surface area (Å²) < 4.78 is 13.7. The number of aromatic amines is 1. The molecule has 1 aromatic heterocycles. The van der Waals surface area contributed by atoms with Gasteiger partial charge in [-0.05, 0) is 48.4 Å². The van der Waals surface area contributed by atoms with Crippen LogP contribution in [-0.2, 0) is 4.79 Å². The van der Waals surface area contributed by atoms with Crippen molar-refractivity contribution in [1.82, 2.24) is 4.98 Å². The monoisotopic (exact) mass is 353 g/mol. The Balaban J connectivity index is 1.67. The van der Waals surface area contributed by atoms with Gasteiger partial charge in [-0.2, -0.15) is 0 Å². The van der Waals surface area contributed by atoms with Crippen LogP contribution >= 0.6 is 0 Å². The summed E-state index contributed by atoms with van der Waals surface area (Å²) in [6.07, 6.45) is 0.454. The molecule has 26 heavy (non-hydrogen) atoms. The number of benzene rings is 2. The Morgan fingerprint density at radius 1 is 1.04 bits per heavy atom. The number of H-pyrrole nitrogens is 1. The molecule has 0 spiro atoms. The predicted molar refractivity (Wildman–Crippen MR) is 101 cm³/mol. The Labute approximate surface area is 150 Å². The van der Waals surface area contributed by atoms with Crippen molar-refractivity contribution in [3.05, 3.63) is 60.0 Å². The maximum atomic E-state index is 13.7. The Hall–Kier alpha value is -3.15. The lowest BCUT2D eigenvalue weighted by Crippen LogP contribution is -2.14. The van der Waals surface area contributed by atoms with Crippen LogP contribution in [0.25, 0.3) is 10.9 Å². The van der Waals surface area contributed by atoms with E-state index in [0.29, 0.717) is 28.7 Å². The van der Waals surface area contributed by atoms with E-state index in [2.05, 4.69) is 15.6 Å². The van der Waals surface area contributed by atoms with Gasteiger partial charge in [0.05, 0.1) is 0 Å². The molecular weight excluding hydrogens is 333 g/mol. The molecule has 3 N–H and O–H groups in total. The van der Waals surface area contributed by atoms with Crippen LogP contribution in [-0.4, -0.2) is 16.8 Å². The van der Waals surface area contributed by atoms with E-state index in [1.54, 1.807) is 36.4 Å². The highest BCUT2D eigenvalue weighted by Crippen LogP contribution is 2.20. The van der Waals surface area contributed by atoms with Gasteiger partial charge in [-0.1, -0.05) is 19.9 Å². The lowest BCUT2D eigenvalue weighted by molar-refractivity contribution is -0.116. The van der Waals surface area contributed by atoms with Gasteiger partial charge in [0.2, 0.25) is 5.91 Å². The first-order chi connectivity index (χ1) is 12.4. The van der Waals surface area contributed by atoms with Gasteiger partial charge in [0.1, 0.15) is 11.5 Å². The van der Waals surface area contributed by atoms with Crippen LogP contribution in [0.15, 0.2) is 48.5 Å². The lowest BCUT2D eigenvalue weighted by atomic mass is 10.1. The molecule has 1 heterocycles. The molecule has 0 aliphatic rings. The summed E-state index contributed by atoms with van der Waals surface area (Å²) in [5, 5.41) is 5.93. The first-order valence-corrected chi connectivity index (χ1v) is 8.41. The molecule has 0 atom stereocenters. The minimum atomic E-state index is -0.376. The fraction of sp³-hybridized carbons (Fsp3) is 0.200. The molecule has 0 bridgehead atoms. The van der Waals surface area contributed by atoms with E-state index in [-0.39, 0.29) is 29.2 Å². The highest BCUT2D eigenvalue weighted by atomic mass is 19.1. The predicted octanol–water partition coefficient (Wildman–Crippen LogP) is 4.54. The van der Waals surface area contributed by atoms with E-state index in [1.807, 2.05) is 13.8 Å². The molecule has 0 unspecified atom stereocenters. The van der Waals surface area contributed by atoms with E-state index in [1.165, 1.54) is 12.1 Å². The number of amides is 2. The highest BCUT2D eigenvalue weighted by molar-refractivity contribution is 6.06. The molecule has 0 radical (unpaired) electrons. The molecule has 0 saturated heterocycles. The molecule has 2 aromatic carbocycles. The second-order valence-corrected chi connectivity index (χ2v) is 6.56. The summed E-state index contributed by atoms with van der Waals surface area (Å²) in [5.41, 5.74) is 2.09. The molecule has 2 amide bonds. The summed E-state index contributed by atoms with van der Waals surface area (Å²) in [6.45, 7) is 3.96. The molecule has 0 fully saturated rings. The fourth-order valence-corrected chi connectivity index (χ4v) is 2.66. The van der Waals surface area contributed by atoms with Gasteiger partial charge in [0.25, 0.3) is 5.91 Å². The Morgan fingerprint density at radius 3 is 2.31 bits per heavy atom. The van der Waals surface area contributed by atoms with Gasteiger partial charge in [-0.15, -0.1) is 0 Å². The zero-order chi connectivity index (χ0) is 18.7. The molecule has 3 rings (SSSR count). The van der Waals surface area contributed by atoms with E-state index < -0.39 is 0 Å². The Morgan fingerprint density at radius 2 is 1.69 bits per heavy atom. The van der Waals surface area contributed by atoms with E-state index in [4.69, 9.17) is 0 Å². The van der Waals surface area contributed by atoms with Crippen molar-refractivity contribution in [2.75, 3.05) is 10.6 Å². The van der Waals surface area contributed by atoms with Crippen LogP contribution in [0.2, 0.25) is 0 Å². The number of aromatic nitrogens is 1. The Bertz CT molecular complexity index is 945. The van der Waals surface area contributed by atoms with Crippen molar-refractivity contribution >= 4 is 34.1 Å². The van der Waals surface area contributed by atoms with Crippen LogP contribution in [0, 0.1) is 11.7 Å². The average molecular weight is 353 g/mol. The smallest absolute Gasteiger partial charge is 0.272 e. The van der Waals surface area contributed by atoms with Gasteiger partial charge in [0.15, 0.2) is 0 Å². The van der Waals surface area contributed by atoms with Crippen molar-refractivity contribution in [1.29, 1.82) is 0 Å². The molecule has 0 saturated carbocycles. The fourth-order valence-electron chi connectivity index (χ4n) is 2.66. The molecular formula is C20H20FN3O2. The Kier molecular flexibility index (Phi) is 5.02. The maximum absolute atomic E-state index is 13.7. The average Bonchev–Trinajstić information content (AvgIpc) is 3.02. The summed E-state index contributed by atoms with van der Waals surface area (Å²) in [5.74, 6) is -0.497. The van der Waals surface area contributed by atoms with Crippen molar-refractivity contribution < 1.29 is 14.0 Å². The molecule has 6 heteroatoms. The number of nitrogens with one attached hydrogen (secondary N) is 3. The first-order valence-electron chi connectivity index (χ1n) is 8.41. The summed E-state index contributed by atoms with van der Waals surface area (Å²) >= 11 is 0. The second kappa shape index (κ2) is 7.39. The van der Waals surface area contributed by atoms with Crippen LogP contribution in [0.3, 0.4) is 0 Å². The zero-order valence-electron chi connectivity index (χ0n) is 14.6. The van der Waals surface area contributed by atoms with E-state index in [0.717, 1.165) is 0 Å². The quantitative estimate of drug-likeness (QED) is 0.630. The van der Waals surface area contributed by atoms with Crippen molar-refractivity contribution in [3.63, 3.8) is 0 Å². The highest BCUT2D eigenvalue weighted by Gasteiger charge is 2.12. The zero-order valence-corrected chi connectivity index (χ0v) is 14.6. The third-order valence-corrected chi connectivity index (χ3v) is 3.88.